The molecule has 0 spiro atoms. The van der Waals surface area contributed by atoms with Gasteiger partial charge in [0, 0.05) is 0 Å². The van der Waals surface area contributed by atoms with Crippen LogP contribution in [0.5, 0.6) is 5.75 Å². The van der Waals surface area contributed by atoms with E-state index in [0.717, 1.165) is 12.1 Å². The molecule has 0 bridgehead atoms. The predicted molar refractivity (Wildman–Crippen MR) is 81.5 cm³/mol. The number of hydrogen-bond donors (Lipinski definition) is 1. The van der Waals surface area contributed by atoms with Gasteiger partial charge in [-0.15, -0.1) is 0 Å². The minimum absolute atomic E-state index is 0.0355. The summed E-state index contributed by atoms with van der Waals surface area (Å²) < 4.78 is 55.6. The predicted octanol–water partition coefficient (Wildman–Crippen LogP) is 3.72. The molecule has 2 aromatic rings. The van der Waals surface area contributed by atoms with E-state index in [1.165, 1.54) is 37.4 Å². The van der Waals surface area contributed by atoms with Crippen LogP contribution in [0.3, 0.4) is 0 Å². The molecule has 0 saturated carbocycles. The summed E-state index contributed by atoms with van der Waals surface area (Å²) in [6.07, 6.45) is -4.47. The monoisotopic (exact) mass is 358 g/mol. The number of benzene rings is 2. The van der Waals surface area contributed by atoms with Gasteiger partial charge >= 0.3 is 12.1 Å². The topological polar surface area (TPSA) is 63.6 Å². The summed E-state index contributed by atoms with van der Waals surface area (Å²) in [5.41, 5.74) is -0.593. The molecule has 0 amide bonds. The second-order valence-electron chi connectivity index (χ2n) is 4.86. The van der Waals surface area contributed by atoms with Gasteiger partial charge in [-0.2, -0.15) is 13.2 Å². The summed E-state index contributed by atoms with van der Waals surface area (Å²) in [4.78, 5) is 11.2. The third-order valence-corrected chi connectivity index (χ3v) is 4.63. The van der Waals surface area contributed by atoms with Gasteiger partial charge in [-0.05, 0) is 29.8 Å². The maximum absolute atomic E-state index is 12.7. The molecule has 8 heteroatoms. The summed E-state index contributed by atoms with van der Waals surface area (Å²) in [7, 11) is -0.390. The van der Waals surface area contributed by atoms with E-state index in [1.54, 1.807) is 0 Å². The number of halogens is 3. The summed E-state index contributed by atoms with van der Waals surface area (Å²) in [5.74, 6) is -1.20. The first-order valence-electron chi connectivity index (χ1n) is 6.68. The van der Waals surface area contributed by atoms with E-state index in [9.17, 15) is 22.2 Å². The number of rotatable bonds is 5. The van der Waals surface area contributed by atoms with Gasteiger partial charge in [0.1, 0.15) is 5.75 Å². The fourth-order valence-electron chi connectivity index (χ4n) is 2.06. The van der Waals surface area contributed by atoms with Crippen molar-refractivity contribution in [3.8, 4) is 5.75 Å². The van der Waals surface area contributed by atoms with E-state index in [4.69, 9.17) is 9.84 Å². The van der Waals surface area contributed by atoms with Crippen LogP contribution < -0.4 is 4.74 Å². The molecule has 0 fully saturated rings. The first-order valence-corrected chi connectivity index (χ1v) is 8.00. The molecule has 2 aromatic carbocycles. The number of carboxylic acids is 1. The van der Waals surface area contributed by atoms with Crippen molar-refractivity contribution >= 4 is 16.8 Å². The molecular formula is C16H13F3O4S. The Hall–Kier alpha value is -2.35. The second-order valence-corrected chi connectivity index (χ2v) is 6.28. The maximum atomic E-state index is 12.7. The molecule has 0 aliphatic heterocycles. The van der Waals surface area contributed by atoms with Crippen molar-refractivity contribution in [1.29, 1.82) is 0 Å². The number of ether oxygens (including phenoxy) is 1. The van der Waals surface area contributed by atoms with Crippen LogP contribution in [0, 0.1) is 0 Å². The normalized spacial score (nSPS) is 12.7. The Kier molecular flexibility index (Phi) is 5.28. The van der Waals surface area contributed by atoms with Crippen molar-refractivity contribution in [2.24, 2.45) is 0 Å². The fourth-order valence-corrected chi connectivity index (χ4v) is 3.28. The molecule has 0 radical (unpaired) electrons. The lowest BCUT2D eigenvalue weighted by molar-refractivity contribution is -0.137. The van der Waals surface area contributed by atoms with E-state index in [0.29, 0.717) is 0 Å². The molecule has 2 rings (SSSR count). The Bertz CT molecular complexity index is 787. The highest BCUT2D eigenvalue weighted by atomic mass is 32.2. The van der Waals surface area contributed by atoms with Gasteiger partial charge in [0.05, 0.1) is 39.7 Å². The van der Waals surface area contributed by atoms with E-state index in [1.807, 2.05) is 0 Å². The number of carboxylic acid groups (broad SMARTS) is 1. The summed E-state index contributed by atoms with van der Waals surface area (Å²) in [6, 6.07) is 8.41. The number of aromatic carboxylic acids is 1. The lowest BCUT2D eigenvalue weighted by atomic mass is 10.1. The Balaban J connectivity index is 2.29. The zero-order valence-corrected chi connectivity index (χ0v) is 13.3. The van der Waals surface area contributed by atoms with E-state index in [-0.39, 0.29) is 27.5 Å². The van der Waals surface area contributed by atoms with Crippen LogP contribution in [-0.2, 0) is 22.7 Å². The second kappa shape index (κ2) is 7.04. The lowest BCUT2D eigenvalue weighted by Gasteiger charge is -2.11. The first kappa shape index (κ1) is 18.0. The van der Waals surface area contributed by atoms with Crippen molar-refractivity contribution < 1.29 is 32.0 Å². The standard InChI is InChI=1S/C16H13F3O4S/c1-23-13-8-11(15(20)21)5-6-14(13)24(22)9-10-3-2-4-12(7-10)16(17,18)19/h2-8H,9H2,1H3,(H,20,21). The van der Waals surface area contributed by atoms with Crippen LogP contribution in [0.4, 0.5) is 13.2 Å². The Morgan fingerprint density at radius 1 is 1.21 bits per heavy atom. The lowest BCUT2D eigenvalue weighted by Crippen LogP contribution is -2.06. The SMILES string of the molecule is COc1cc(C(=O)O)ccc1S(=O)Cc1cccc(C(F)(F)F)c1. The van der Waals surface area contributed by atoms with Gasteiger partial charge in [0.2, 0.25) is 0 Å². The van der Waals surface area contributed by atoms with Crippen molar-refractivity contribution in [2.45, 2.75) is 16.8 Å². The molecule has 1 atom stereocenters. The van der Waals surface area contributed by atoms with Crippen LogP contribution in [0.15, 0.2) is 47.4 Å². The Morgan fingerprint density at radius 2 is 1.92 bits per heavy atom. The molecule has 24 heavy (non-hydrogen) atoms. The van der Waals surface area contributed by atoms with Gasteiger partial charge in [0.25, 0.3) is 0 Å². The van der Waals surface area contributed by atoms with Gasteiger partial charge in [-0.3, -0.25) is 4.21 Å². The van der Waals surface area contributed by atoms with Gasteiger partial charge in [0.15, 0.2) is 0 Å². The van der Waals surface area contributed by atoms with Crippen molar-refractivity contribution in [3.05, 3.63) is 59.2 Å². The zero-order chi connectivity index (χ0) is 17.9. The van der Waals surface area contributed by atoms with Crippen molar-refractivity contribution in [3.63, 3.8) is 0 Å². The van der Waals surface area contributed by atoms with Crippen LogP contribution in [0.2, 0.25) is 0 Å². The summed E-state index contributed by atoms with van der Waals surface area (Å²) in [5, 5.41) is 8.94. The first-order chi connectivity index (χ1) is 11.2. The molecule has 0 saturated heterocycles. The van der Waals surface area contributed by atoms with Gasteiger partial charge in [-0.25, -0.2) is 4.79 Å². The molecule has 0 aliphatic carbocycles. The minimum Gasteiger partial charge on any atom is -0.495 e. The summed E-state index contributed by atoms with van der Waals surface area (Å²) in [6.45, 7) is 0. The van der Waals surface area contributed by atoms with E-state index in [2.05, 4.69) is 0 Å². The molecule has 1 N–H and O–H groups in total. The molecule has 128 valence electrons. The molecule has 4 nitrogen and oxygen atoms in total. The maximum Gasteiger partial charge on any atom is 0.416 e. The fraction of sp³-hybridized carbons (Fsp3) is 0.188. The quantitative estimate of drug-likeness (QED) is 0.885. The van der Waals surface area contributed by atoms with Crippen LogP contribution in [0.1, 0.15) is 21.5 Å². The largest absolute Gasteiger partial charge is 0.495 e. The highest BCUT2D eigenvalue weighted by Crippen LogP contribution is 2.31. The zero-order valence-electron chi connectivity index (χ0n) is 12.5. The molecule has 0 heterocycles. The van der Waals surface area contributed by atoms with Crippen molar-refractivity contribution in [1.82, 2.24) is 0 Å². The average molecular weight is 358 g/mol. The molecule has 0 aromatic heterocycles. The van der Waals surface area contributed by atoms with E-state index < -0.39 is 28.5 Å². The van der Waals surface area contributed by atoms with Crippen LogP contribution in [0.25, 0.3) is 0 Å². The number of alkyl halides is 3. The number of hydrogen-bond acceptors (Lipinski definition) is 3. The van der Waals surface area contributed by atoms with Crippen LogP contribution in [-0.4, -0.2) is 22.4 Å². The number of methoxy groups -OCH3 is 1. The van der Waals surface area contributed by atoms with Crippen LogP contribution >= 0.6 is 0 Å². The highest BCUT2D eigenvalue weighted by Gasteiger charge is 2.30. The van der Waals surface area contributed by atoms with E-state index >= 15 is 0 Å². The molecule has 0 aliphatic rings. The van der Waals surface area contributed by atoms with Gasteiger partial charge < -0.3 is 9.84 Å². The highest BCUT2D eigenvalue weighted by molar-refractivity contribution is 7.84. The molecular weight excluding hydrogens is 345 g/mol. The Morgan fingerprint density at radius 3 is 2.50 bits per heavy atom. The van der Waals surface area contributed by atoms with Gasteiger partial charge in [-0.1, -0.05) is 18.2 Å². The average Bonchev–Trinajstić information content (AvgIpc) is 2.53. The molecule has 1 unspecified atom stereocenters. The third-order valence-electron chi connectivity index (χ3n) is 3.21. The third kappa shape index (κ3) is 4.14. The summed E-state index contributed by atoms with van der Waals surface area (Å²) >= 11 is 0. The smallest absolute Gasteiger partial charge is 0.416 e. The van der Waals surface area contributed by atoms with Crippen molar-refractivity contribution in [2.75, 3.05) is 7.11 Å². The Labute approximate surface area is 138 Å². The number of carbonyl (C=O) groups is 1. The minimum atomic E-state index is -4.47.